The largest absolute Gasteiger partial charge is 0.390 e. The van der Waals surface area contributed by atoms with Crippen LogP contribution in [0.4, 0.5) is 0 Å². The average Bonchev–Trinajstić information content (AvgIpc) is 3.04. The summed E-state index contributed by atoms with van der Waals surface area (Å²) in [5.41, 5.74) is 0.598. The van der Waals surface area contributed by atoms with Gasteiger partial charge >= 0.3 is 0 Å². The summed E-state index contributed by atoms with van der Waals surface area (Å²) in [5.74, 6) is 0. The van der Waals surface area contributed by atoms with E-state index in [0.29, 0.717) is 11.7 Å². The molecule has 0 aromatic carbocycles. The summed E-state index contributed by atoms with van der Waals surface area (Å²) in [5, 5.41) is 9.18. The molecule has 3 rings (SSSR count). The number of sulfonamides is 1. The molecule has 6 nitrogen and oxygen atoms in total. The molecule has 0 spiro atoms. The van der Waals surface area contributed by atoms with Crippen LogP contribution in [0, 0.1) is 0 Å². The Bertz CT molecular complexity index is 611. The van der Waals surface area contributed by atoms with Crippen molar-refractivity contribution in [1.29, 1.82) is 0 Å². The second-order valence-electron chi connectivity index (χ2n) is 6.11. The SMILES string of the molecule is Cn1cc(S(=O)(=O)NC2CCN3CCCC3C2)cc1CO. The van der Waals surface area contributed by atoms with Crippen LogP contribution < -0.4 is 4.72 Å². The fourth-order valence-electron chi connectivity index (χ4n) is 3.50. The number of nitrogens with zero attached hydrogens (tertiary/aromatic N) is 2. The molecule has 1 aromatic rings. The van der Waals surface area contributed by atoms with Crippen LogP contribution in [-0.2, 0) is 23.7 Å². The third-order valence-electron chi connectivity index (χ3n) is 4.70. The maximum Gasteiger partial charge on any atom is 0.242 e. The first-order valence-corrected chi connectivity index (χ1v) is 9.00. The van der Waals surface area contributed by atoms with Crippen LogP contribution in [0.15, 0.2) is 17.2 Å². The first-order chi connectivity index (χ1) is 9.99. The van der Waals surface area contributed by atoms with Gasteiger partial charge in [-0.05, 0) is 44.8 Å². The molecule has 3 heterocycles. The monoisotopic (exact) mass is 313 g/mol. The van der Waals surface area contributed by atoms with E-state index < -0.39 is 10.0 Å². The van der Waals surface area contributed by atoms with Crippen LogP contribution in [0.3, 0.4) is 0 Å². The van der Waals surface area contributed by atoms with Crippen molar-refractivity contribution in [3.05, 3.63) is 18.0 Å². The number of hydrogen-bond acceptors (Lipinski definition) is 4. The summed E-state index contributed by atoms with van der Waals surface area (Å²) < 4.78 is 29.4. The van der Waals surface area contributed by atoms with Gasteiger partial charge in [-0.25, -0.2) is 13.1 Å². The fraction of sp³-hybridized carbons (Fsp3) is 0.714. The van der Waals surface area contributed by atoms with Crippen LogP contribution in [0.25, 0.3) is 0 Å². The van der Waals surface area contributed by atoms with E-state index in [2.05, 4.69) is 9.62 Å². The van der Waals surface area contributed by atoms with Gasteiger partial charge in [-0.2, -0.15) is 0 Å². The molecule has 0 aliphatic carbocycles. The van der Waals surface area contributed by atoms with Gasteiger partial charge < -0.3 is 14.6 Å². The van der Waals surface area contributed by atoms with Gasteiger partial charge in [-0.3, -0.25) is 0 Å². The minimum atomic E-state index is -3.50. The van der Waals surface area contributed by atoms with Crippen molar-refractivity contribution in [2.45, 2.75) is 49.3 Å². The number of hydrogen-bond donors (Lipinski definition) is 2. The minimum absolute atomic E-state index is 0.0205. The van der Waals surface area contributed by atoms with Crippen molar-refractivity contribution in [2.24, 2.45) is 7.05 Å². The van der Waals surface area contributed by atoms with Gasteiger partial charge in [0, 0.05) is 31.0 Å². The number of rotatable bonds is 4. The molecule has 1 aromatic heterocycles. The molecule has 2 fully saturated rings. The highest BCUT2D eigenvalue weighted by atomic mass is 32.2. The smallest absolute Gasteiger partial charge is 0.242 e. The predicted molar refractivity (Wildman–Crippen MR) is 79.3 cm³/mol. The Morgan fingerprint density at radius 3 is 2.90 bits per heavy atom. The van der Waals surface area contributed by atoms with E-state index in [9.17, 15) is 13.5 Å². The summed E-state index contributed by atoms with van der Waals surface area (Å²) in [6, 6.07) is 2.09. The van der Waals surface area contributed by atoms with E-state index >= 15 is 0 Å². The summed E-state index contributed by atoms with van der Waals surface area (Å²) in [6.07, 6.45) is 5.73. The van der Waals surface area contributed by atoms with Crippen molar-refractivity contribution < 1.29 is 13.5 Å². The standard InChI is InChI=1S/C14H23N3O3S/c1-16-9-14(8-13(16)10-18)21(19,20)15-11-4-6-17-5-2-3-12(17)7-11/h8-9,11-12,15,18H,2-7,10H2,1H3. The minimum Gasteiger partial charge on any atom is -0.390 e. The van der Waals surface area contributed by atoms with Crippen molar-refractivity contribution in [3.63, 3.8) is 0 Å². The number of nitrogens with one attached hydrogen (secondary N) is 1. The molecule has 2 atom stereocenters. The highest BCUT2D eigenvalue weighted by molar-refractivity contribution is 7.89. The van der Waals surface area contributed by atoms with Crippen LogP contribution in [0.1, 0.15) is 31.4 Å². The van der Waals surface area contributed by atoms with Gasteiger partial charge in [-0.1, -0.05) is 0 Å². The Hall–Kier alpha value is -0.890. The second kappa shape index (κ2) is 5.72. The van der Waals surface area contributed by atoms with Gasteiger partial charge in [0.1, 0.15) is 0 Å². The Kier molecular flexibility index (Phi) is 4.09. The quantitative estimate of drug-likeness (QED) is 0.845. The number of aliphatic hydroxyl groups excluding tert-OH is 1. The molecule has 21 heavy (non-hydrogen) atoms. The molecule has 118 valence electrons. The number of fused-ring (bicyclic) bond motifs is 1. The number of piperidine rings is 1. The average molecular weight is 313 g/mol. The number of aromatic nitrogens is 1. The molecule has 2 aliphatic rings. The highest BCUT2D eigenvalue weighted by Gasteiger charge is 2.33. The molecule has 0 amide bonds. The maximum atomic E-state index is 12.5. The van der Waals surface area contributed by atoms with Gasteiger partial charge in [-0.15, -0.1) is 0 Å². The first kappa shape index (κ1) is 15.0. The summed E-state index contributed by atoms with van der Waals surface area (Å²) in [7, 11) is -1.76. The van der Waals surface area contributed by atoms with Crippen LogP contribution >= 0.6 is 0 Å². The van der Waals surface area contributed by atoms with E-state index in [0.717, 1.165) is 25.9 Å². The van der Waals surface area contributed by atoms with E-state index in [-0.39, 0.29) is 17.5 Å². The molecule has 0 saturated carbocycles. The Balaban J connectivity index is 1.70. The third-order valence-corrected chi connectivity index (χ3v) is 6.18. The van der Waals surface area contributed by atoms with E-state index in [4.69, 9.17) is 0 Å². The lowest BCUT2D eigenvalue weighted by atomic mass is 9.99. The zero-order valence-electron chi connectivity index (χ0n) is 12.3. The zero-order chi connectivity index (χ0) is 15.0. The van der Waals surface area contributed by atoms with Crippen molar-refractivity contribution in [1.82, 2.24) is 14.2 Å². The zero-order valence-corrected chi connectivity index (χ0v) is 13.1. The molecule has 0 bridgehead atoms. The summed E-state index contributed by atoms with van der Waals surface area (Å²) >= 11 is 0. The fourth-order valence-corrected chi connectivity index (χ4v) is 4.88. The van der Waals surface area contributed by atoms with Gasteiger partial charge in [0.25, 0.3) is 0 Å². The number of aryl methyl sites for hydroxylation is 1. The Labute approximate surface area is 125 Å². The second-order valence-corrected chi connectivity index (χ2v) is 7.82. The molecular weight excluding hydrogens is 290 g/mol. The molecular formula is C14H23N3O3S. The van der Waals surface area contributed by atoms with E-state index in [1.165, 1.54) is 18.9 Å². The maximum absolute atomic E-state index is 12.5. The summed E-state index contributed by atoms with van der Waals surface area (Å²) in [6.45, 7) is 1.98. The highest BCUT2D eigenvalue weighted by Crippen LogP contribution is 2.27. The first-order valence-electron chi connectivity index (χ1n) is 7.52. The lowest BCUT2D eigenvalue weighted by molar-refractivity contribution is 0.176. The lowest BCUT2D eigenvalue weighted by Crippen LogP contribution is -2.47. The molecule has 2 N–H and O–H groups in total. The predicted octanol–water partition coefficient (Wildman–Crippen LogP) is 0.422. The van der Waals surface area contributed by atoms with Crippen molar-refractivity contribution in [3.8, 4) is 0 Å². The van der Waals surface area contributed by atoms with Crippen molar-refractivity contribution >= 4 is 10.0 Å². The molecule has 2 saturated heterocycles. The topological polar surface area (TPSA) is 74.6 Å². The third kappa shape index (κ3) is 3.01. The van der Waals surface area contributed by atoms with E-state index in [1.54, 1.807) is 17.8 Å². The molecule has 0 radical (unpaired) electrons. The van der Waals surface area contributed by atoms with E-state index in [1.807, 2.05) is 0 Å². The van der Waals surface area contributed by atoms with Crippen molar-refractivity contribution in [2.75, 3.05) is 13.1 Å². The van der Waals surface area contributed by atoms with Crippen LogP contribution in [-0.4, -0.2) is 48.2 Å². The van der Waals surface area contributed by atoms with Crippen LogP contribution in [0.5, 0.6) is 0 Å². The van der Waals surface area contributed by atoms with Gasteiger partial charge in [0.15, 0.2) is 0 Å². The number of aliphatic hydroxyl groups is 1. The van der Waals surface area contributed by atoms with Crippen LogP contribution in [0.2, 0.25) is 0 Å². The molecule has 2 aliphatic heterocycles. The van der Waals surface area contributed by atoms with Gasteiger partial charge in [0.05, 0.1) is 11.5 Å². The van der Waals surface area contributed by atoms with Gasteiger partial charge in [0.2, 0.25) is 10.0 Å². The molecule has 2 unspecified atom stereocenters. The summed E-state index contributed by atoms with van der Waals surface area (Å²) in [4.78, 5) is 2.71. The Morgan fingerprint density at radius 1 is 1.38 bits per heavy atom. The Morgan fingerprint density at radius 2 is 2.19 bits per heavy atom. The lowest BCUT2D eigenvalue weighted by Gasteiger charge is -2.34. The normalized spacial score (nSPS) is 27.0. The molecule has 7 heteroatoms.